The van der Waals surface area contributed by atoms with Gasteiger partial charge in [0.15, 0.2) is 5.78 Å². The van der Waals surface area contributed by atoms with E-state index in [0.717, 1.165) is 29.9 Å². The lowest BCUT2D eigenvalue weighted by molar-refractivity contribution is -0.119. The minimum absolute atomic E-state index is 0.00361. The first-order chi connectivity index (χ1) is 10.5. The topological polar surface area (TPSA) is 38.7 Å². The summed E-state index contributed by atoms with van der Waals surface area (Å²) in [4.78, 5) is 16.2. The summed E-state index contributed by atoms with van der Waals surface area (Å²) >= 11 is 0. The van der Waals surface area contributed by atoms with Crippen molar-refractivity contribution in [2.24, 2.45) is 4.99 Å². The molecular formula is C19H23NO2. The highest BCUT2D eigenvalue weighted by atomic mass is 16.5. The summed E-state index contributed by atoms with van der Waals surface area (Å²) in [5.41, 5.74) is 4.72. The zero-order valence-electron chi connectivity index (χ0n) is 13.6. The second-order valence-corrected chi connectivity index (χ2v) is 5.76. The van der Waals surface area contributed by atoms with Crippen molar-refractivity contribution in [3.05, 3.63) is 53.1 Å². The average molecular weight is 297 g/mol. The number of hydrogen-bond donors (Lipinski definition) is 0. The Labute approximate surface area is 132 Å². The van der Waals surface area contributed by atoms with Gasteiger partial charge in [-0.2, -0.15) is 0 Å². The van der Waals surface area contributed by atoms with Gasteiger partial charge in [-0.1, -0.05) is 29.9 Å². The largest absolute Gasteiger partial charge is 0.486 e. The molecule has 0 radical (unpaired) electrons. The number of ketones is 1. The molecule has 0 aliphatic heterocycles. The molecule has 2 rings (SSSR count). The summed E-state index contributed by atoms with van der Waals surface area (Å²) < 4.78 is 5.53. The lowest BCUT2D eigenvalue weighted by Gasteiger charge is -2.07. The van der Waals surface area contributed by atoms with Crippen LogP contribution in [0, 0.1) is 13.8 Å². The molecule has 1 aliphatic rings. The van der Waals surface area contributed by atoms with E-state index < -0.39 is 0 Å². The SMILES string of the molecule is CC(CC1=CC=CC1)=NCC(=O)COc1ccc(C)c(C)c1. The fourth-order valence-corrected chi connectivity index (χ4v) is 2.24. The molecule has 0 atom stereocenters. The van der Waals surface area contributed by atoms with Gasteiger partial charge in [0.25, 0.3) is 0 Å². The van der Waals surface area contributed by atoms with E-state index >= 15 is 0 Å². The van der Waals surface area contributed by atoms with Crippen LogP contribution in [-0.2, 0) is 4.79 Å². The van der Waals surface area contributed by atoms with Crippen LogP contribution < -0.4 is 4.74 Å². The number of Topliss-reactive ketones (excluding diaryl/α,β-unsaturated/α-hetero) is 1. The molecule has 1 aromatic carbocycles. The zero-order chi connectivity index (χ0) is 15.9. The van der Waals surface area contributed by atoms with E-state index in [0.29, 0.717) is 0 Å². The number of hydrogen-bond acceptors (Lipinski definition) is 3. The summed E-state index contributed by atoms with van der Waals surface area (Å²) in [7, 11) is 0. The van der Waals surface area contributed by atoms with Crippen LogP contribution in [0.3, 0.4) is 0 Å². The van der Waals surface area contributed by atoms with Crippen LogP contribution in [0.1, 0.15) is 30.9 Å². The summed E-state index contributed by atoms with van der Waals surface area (Å²) in [5, 5.41) is 0. The van der Waals surface area contributed by atoms with Crippen molar-refractivity contribution in [1.82, 2.24) is 0 Å². The van der Waals surface area contributed by atoms with Gasteiger partial charge < -0.3 is 4.74 Å². The molecule has 0 bridgehead atoms. The van der Waals surface area contributed by atoms with Gasteiger partial charge in [-0.25, -0.2) is 0 Å². The summed E-state index contributed by atoms with van der Waals surface area (Å²) in [6.45, 7) is 6.32. The molecular weight excluding hydrogens is 274 g/mol. The molecule has 1 aliphatic carbocycles. The highest BCUT2D eigenvalue weighted by Gasteiger charge is 2.05. The molecule has 116 valence electrons. The van der Waals surface area contributed by atoms with Gasteiger partial charge in [0, 0.05) is 12.1 Å². The highest BCUT2D eigenvalue weighted by Crippen LogP contribution is 2.16. The molecule has 0 amide bonds. The highest BCUT2D eigenvalue weighted by molar-refractivity contribution is 5.89. The molecule has 0 spiro atoms. The van der Waals surface area contributed by atoms with Gasteiger partial charge in [0.2, 0.25) is 0 Å². The van der Waals surface area contributed by atoms with Gasteiger partial charge in [0.1, 0.15) is 18.9 Å². The molecule has 1 aromatic rings. The van der Waals surface area contributed by atoms with Gasteiger partial charge in [0.05, 0.1) is 0 Å². The molecule has 0 unspecified atom stereocenters. The second-order valence-electron chi connectivity index (χ2n) is 5.76. The van der Waals surface area contributed by atoms with Crippen molar-refractivity contribution in [1.29, 1.82) is 0 Å². The van der Waals surface area contributed by atoms with Crippen LogP contribution >= 0.6 is 0 Å². The van der Waals surface area contributed by atoms with Gasteiger partial charge in [-0.3, -0.25) is 9.79 Å². The average Bonchev–Trinajstić information content (AvgIpc) is 2.99. The molecule has 0 aromatic heterocycles. The van der Waals surface area contributed by atoms with Crippen LogP contribution in [0.15, 0.2) is 47.0 Å². The van der Waals surface area contributed by atoms with E-state index in [1.165, 1.54) is 11.1 Å². The molecule has 3 nitrogen and oxygen atoms in total. The Bertz CT molecular complexity index is 639. The number of aryl methyl sites for hydroxylation is 2. The fraction of sp³-hybridized carbons (Fsp3) is 0.368. The standard InChI is InChI=1S/C19H23NO2/c1-14-8-9-19(10-15(14)2)22-13-18(21)12-20-16(3)11-17-6-4-5-7-17/h4-6,8-10H,7,11-13H2,1-3H3. The van der Waals surface area contributed by atoms with E-state index in [4.69, 9.17) is 4.74 Å². The summed E-state index contributed by atoms with van der Waals surface area (Å²) in [5.74, 6) is 0.732. The molecule has 0 saturated carbocycles. The van der Waals surface area contributed by atoms with Crippen molar-refractivity contribution in [2.45, 2.75) is 33.6 Å². The normalized spacial score (nSPS) is 14.1. The quantitative estimate of drug-likeness (QED) is 0.714. The maximum Gasteiger partial charge on any atom is 0.191 e. The predicted molar refractivity (Wildman–Crippen MR) is 90.9 cm³/mol. The first kappa shape index (κ1) is 16.2. The third kappa shape index (κ3) is 4.99. The van der Waals surface area contributed by atoms with Crippen LogP contribution in [0.2, 0.25) is 0 Å². The minimum atomic E-state index is -0.00361. The molecule has 0 heterocycles. The lowest BCUT2D eigenvalue weighted by atomic mass is 10.1. The Kier molecular flexibility index (Phi) is 5.70. The van der Waals surface area contributed by atoms with Gasteiger partial charge in [-0.05, 0) is 50.5 Å². The molecule has 0 saturated heterocycles. The van der Waals surface area contributed by atoms with Gasteiger partial charge in [-0.15, -0.1) is 0 Å². The number of benzene rings is 1. The van der Waals surface area contributed by atoms with Crippen molar-refractivity contribution in [2.75, 3.05) is 13.2 Å². The minimum Gasteiger partial charge on any atom is -0.486 e. The van der Waals surface area contributed by atoms with Crippen LogP contribution in [-0.4, -0.2) is 24.6 Å². The van der Waals surface area contributed by atoms with Crippen LogP contribution in [0.25, 0.3) is 0 Å². The fourth-order valence-electron chi connectivity index (χ4n) is 2.24. The van der Waals surface area contributed by atoms with E-state index in [-0.39, 0.29) is 18.9 Å². The Hall–Kier alpha value is -2.16. The zero-order valence-corrected chi connectivity index (χ0v) is 13.6. The molecule has 22 heavy (non-hydrogen) atoms. The Balaban J connectivity index is 1.76. The van der Waals surface area contributed by atoms with E-state index in [2.05, 4.69) is 30.1 Å². The molecule has 0 N–H and O–H groups in total. The van der Waals surface area contributed by atoms with Crippen molar-refractivity contribution in [3.8, 4) is 5.75 Å². The molecule has 0 fully saturated rings. The van der Waals surface area contributed by atoms with E-state index in [1.54, 1.807) is 0 Å². The Morgan fingerprint density at radius 1 is 1.27 bits per heavy atom. The second kappa shape index (κ2) is 7.74. The number of carbonyl (C=O) groups excluding carboxylic acids is 1. The third-order valence-corrected chi connectivity index (χ3v) is 3.73. The van der Waals surface area contributed by atoms with Crippen molar-refractivity contribution < 1.29 is 9.53 Å². The van der Waals surface area contributed by atoms with Crippen LogP contribution in [0.4, 0.5) is 0 Å². The Morgan fingerprint density at radius 2 is 2.09 bits per heavy atom. The first-order valence-electron chi connectivity index (χ1n) is 7.61. The van der Waals surface area contributed by atoms with Crippen molar-refractivity contribution in [3.63, 3.8) is 0 Å². The van der Waals surface area contributed by atoms with E-state index in [9.17, 15) is 4.79 Å². The van der Waals surface area contributed by atoms with Gasteiger partial charge >= 0.3 is 0 Å². The monoisotopic (exact) mass is 297 g/mol. The summed E-state index contributed by atoms with van der Waals surface area (Å²) in [6, 6.07) is 5.85. The number of allylic oxidation sites excluding steroid dienone is 4. The molecule has 3 heteroatoms. The van der Waals surface area contributed by atoms with Crippen LogP contribution in [0.5, 0.6) is 5.75 Å². The number of carbonyl (C=O) groups is 1. The smallest absolute Gasteiger partial charge is 0.191 e. The van der Waals surface area contributed by atoms with Crippen molar-refractivity contribution >= 4 is 11.5 Å². The lowest BCUT2D eigenvalue weighted by Crippen LogP contribution is -2.15. The number of rotatable bonds is 7. The number of ether oxygens (including phenoxy) is 1. The van der Waals surface area contributed by atoms with E-state index in [1.807, 2.05) is 32.0 Å². The Morgan fingerprint density at radius 3 is 2.77 bits per heavy atom. The predicted octanol–water partition coefficient (Wildman–Crippen LogP) is 3.99. The third-order valence-electron chi connectivity index (χ3n) is 3.73. The maximum absolute atomic E-state index is 11.9. The maximum atomic E-state index is 11.9. The number of aliphatic imine (C=N–C) groups is 1. The first-order valence-corrected chi connectivity index (χ1v) is 7.61. The number of nitrogens with zero attached hydrogens (tertiary/aromatic N) is 1. The summed E-state index contributed by atoms with van der Waals surface area (Å²) in [6.07, 6.45) is 8.15.